The first-order valence-electron chi connectivity index (χ1n) is 8.40. The number of carbonyl (C=O) groups excluding carboxylic acids is 1. The van der Waals surface area contributed by atoms with Gasteiger partial charge in [-0.2, -0.15) is 5.10 Å². The average molecular weight is 341 g/mol. The van der Waals surface area contributed by atoms with Crippen molar-refractivity contribution < 1.29 is 9.53 Å². The number of anilines is 2. The first-order chi connectivity index (χ1) is 11.5. The van der Waals surface area contributed by atoms with Crippen molar-refractivity contribution in [3.05, 3.63) is 41.6 Å². The molecule has 1 aromatic heterocycles. The standard InChI is InChI=1S/C20H27N3O2/c1-13(24)25-18-15(19(2,3)4)11-14(12-16(18)20(5,6)7)22-17-9-8-10-21-23-17/h8-12H,1-7H3,(H,22,23). The van der Waals surface area contributed by atoms with Crippen LogP contribution in [0, 0.1) is 0 Å². The molecule has 0 atom stereocenters. The van der Waals surface area contributed by atoms with Crippen LogP contribution >= 0.6 is 0 Å². The minimum atomic E-state index is -0.314. The fraction of sp³-hybridized carbons (Fsp3) is 0.450. The maximum absolute atomic E-state index is 11.7. The Kier molecular flexibility index (Phi) is 5.16. The fourth-order valence-corrected chi connectivity index (χ4v) is 2.58. The van der Waals surface area contributed by atoms with Crippen molar-refractivity contribution in [2.45, 2.75) is 59.3 Å². The maximum atomic E-state index is 11.7. The molecule has 0 spiro atoms. The highest BCUT2D eigenvalue weighted by atomic mass is 16.5. The summed E-state index contributed by atoms with van der Waals surface area (Å²) in [5, 5.41) is 11.3. The van der Waals surface area contributed by atoms with Crippen LogP contribution in [-0.4, -0.2) is 16.2 Å². The minimum absolute atomic E-state index is 0.190. The number of nitrogens with one attached hydrogen (secondary N) is 1. The number of hydrogen-bond donors (Lipinski definition) is 1. The van der Waals surface area contributed by atoms with Crippen molar-refractivity contribution in [3.63, 3.8) is 0 Å². The van der Waals surface area contributed by atoms with E-state index in [2.05, 4.69) is 57.1 Å². The molecule has 1 heterocycles. The Hall–Kier alpha value is -2.43. The molecule has 2 aromatic rings. The molecule has 0 aliphatic carbocycles. The van der Waals surface area contributed by atoms with Crippen LogP contribution in [-0.2, 0) is 15.6 Å². The minimum Gasteiger partial charge on any atom is -0.426 e. The Morgan fingerprint density at radius 1 is 1.04 bits per heavy atom. The quantitative estimate of drug-likeness (QED) is 0.645. The summed E-state index contributed by atoms with van der Waals surface area (Å²) in [6.07, 6.45) is 1.64. The molecule has 0 aliphatic rings. The first kappa shape index (κ1) is 18.9. The Balaban J connectivity index is 2.65. The Morgan fingerprint density at radius 3 is 2.00 bits per heavy atom. The van der Waals surface area contributed by atoms with Crippen LogP contribution in [0.4, 0.5) is 11.5 Å². The van der Waals surface area contributed by atoms with E-state index >= 15 is 0 Å². The number of nitrogens with zero attached hydrogens (tertiary/aromatic N) is 2. The van der Waals surface area contributed by atoms with E-state index in [1.807, 2.05) is 24.3 Å². The third kappa shape index (κ3) is 4.78. The van der Waals surface area contributed by atoms with Crippen molar-refractivity contribution in [1.82, 2.24) is 10.2 Å². The summed E-state index contributed by atoms with van der Waals surface area (Å²) >= 11 is 0. The van der Waals surface area contributed by atoms with Crippen LogP contribution in [0.1, 0.15) is 59.6 Å². The summed E-state index contributed by atoms with van der Waals surface area (Å²) in [5.41, 5.74) is 2.46. The Bertz CT molecular complexity index is 722. The number of aromatic nitrogens is 2. The topological polar surface area (TPSA) is 64.1 Å². The van der Waals surface area contributed by atoms with E-state index in [-0.39, 0.29) is 16.8 Å². The van der Waals surface area contributed by atoms with Crippen molar-refractivity contribution in [2.24, 2.45) is 0 Å². The zero-order valence-electron chi connectivity index (χ0n) is 16.1. The molecule has 0 fully saturated rings. The lowest BCUT2D eigenvalue weighted by Gasteiger charge is -2.30. The van der Waals surface area contributed by atoms with Crippen molar-refractivity contribution in [3.8, 4) is 5.75 Å². The van der Waals surface area contributed by atoms with E-state index in [9.17, 15) is 4.79 Å². The number of rotatable bonds is 3. The highest BCUT2D eigenvalue weighted by Gasteiger charge is 2.28. The average Bonchev–Trinajstić information content (AvgIpc) is 2.46. The molecule has 0 unspecified atom stereocenters. The summed E-state index contributed by atoms with van der Waals surface area (Å²) in [6.45, 7) is 14.1. The Labute approximate surface area is 149 Å². The van der Waals surface area contributed by atoms with Gasteiger partial charge in [0.15, 0.2) is 5.82 Å². The lowest BCUT2D eigenvalue weighted by molar-refractivity contribution is -0.132. The molecule has 0 bridgehead atoms. The second kappa shape index (κ2) is 6.82. The lowest BCUT2D eigenvalue weighted by atomic mass is 9.79. The number of hydrogen-bond acceptors (Lipinski definition) is 5. The van der Waals surface area contributed by atoms with Gasteiger partial charge in [-0.3, -0.25) is 4.79 Å². The van der Waals surface area contributed by atoms with Crippen molar-refractivity contribution in [2.75, 3.05) is 5.32 Å². The van der Waals surface area contributed by atoms with Crippen LogP contribution in [0.2, 0.25) is 0 Å². The van der Waals surface area contributed by atoms with E-state index < -0.39 is 0 Å². The van der Waals surface area contributed by atoms with Gasteiger partial charge in [0.25, 0.3) is 0 Å². The number of ether oxygens (including phenoxy) is 1. The van der Waals surface area contributed by atoms with Gasteiger partial charge in [-0.05, 0) is 35.1 Å². The maximum Gasteiger partial charge on any atom is 0.308 e. The molecule has 2 rings (SSSR count). The molecule has 5 nitrogen and oxygen atoms in total. The number of carbonyl (C=O) groups is 1. The molecular formula is C20H27N3O2. The lowest BCUT2D eigenvalue weighted by Crippen LogP contribution is -2.21. The summed E-state index contributed by atoms with van der Waals surface area (Å²) < 4.78 is 5.64. The monoisotopic (exact) mass is 341 g/mol. The Morgan fingerprint density at radius 2 is 1.60 bits per heavy atom. The molecule has 25 heavy (non-hydrogen) atoms. The van der Waals surface area contributed by atoms with Gasteiger partial charge in [0.05, 0.1) is 0 Å². The molecular weight excluding hydrogens is 314 g/mol. The number of benzene rings is 1. The molecule has 1 N–H and O–H groups in total. The predicted molar refractivity (Wildman–Crippen MR) is 100 cm³/mol. The molecule has 0 aliphatic heterocycles. The van der Waals surface area contributed by atoms with E-state index in [4.69, 9.17) is 4.74 Å². The molecule has 0 saturated heterocycles. The van der Waals surface area contributed by atoms with Crippen molar-refractivity contribution >= 4 is 17.5 Å². The molecule has 134 valence electrons. The van der Waals surface area contributed by atoms with E-state index in [1.54, 1.807) is 6.20 Å². The van der Waals surface area contributed by atoms with Crippen LogP contribution in [0.5, 0.6) is 5.75 Å². The second-order valence-corrected chi connectivity index (χ2v) is 8.23. The van der Waals surface area contributed by atoms with Gasteiger partial charge >= 0.3 is 5.97 Å². The third-order valence-corrected chi connectivity index (χ3v) is 3.80. The van der Waals surface area contributed by atoms with E-state index in [0.29, 0.717) is 11.6 Å². The molecule has 1 aromatic carbocycles. The van der Waals surface area contributed by atoms with Gasteiger partial charge in [0.1, 0.15) is 5.75 Å². The zero-order chi connectivity index (χ0) is 18.8. The van der Waals surface area contributed by atoms with Gasteiger partial charge in [0.2, 0.25) is 0 Å². The van der Waals surface area contributed by atoms with Crippen LogP contribution in [0.3, 0.4) is 0 Å². The SMILES string of the molecule is CC(=O)Oc1c(C(C)(C)C)cc(Nc2cccnn2)cc1C(C)(C)C. The van der Waals surface area contributed by atoms with Gasteiger partial charge < -0.3 is 10.1 Å². The van der Waals surface area contributed by atoms with Crippen molar-refractivity contribution in [1.29, 1.82) is 0 Å². The molecule has 0 radical (unpaired) electrons. The highest BCUT2D eigenvalue weighted by molar-refractivity contribution is 5.73. The largest absolute Gasteiger partial charge is 0.426 e. The van der Waals surface area contributed by atoms with Gasteiger partial charge in [-0.25, -0.2) is 0 Å². The summed E-state index contributed by atoms with van der Waals surface area (Å²) in [7, 11) is 0. The van der Waals surface area contributed by atoms with Crippen LogP contribution in [0.25, 0.3) is 0 Å². The molecule has 5 heteroatoms. The van der Waals surface area contributed by atoms with Gasteiger partial charge in [-0.15, -0.1) is 5.10 Å². The zero-order valence-corrected chi connectivity index (χ0v) is 16.1. The van der Waals surface area contributed by atoms with Gasteiger partial charge in [0, 0.05) is 29.9 Å². The second-order valence-electron chi connectivity index (χ2n) is 8.23. The molecule has 0 amide bonds. The van der Waals surface area contributed by atoms with Crippen LogP contribution in [0.15, 0.2) is 30.5 Å². The molecule has 0 saturated carbocycles. The first-order valence-corrected chi connectivity index (χ1v) is 8.40. The summed E-state index contributed by atoms with van der Waals surface area (Å²) in [4.78, 5) is 11.7. The smallest absolute Gasteiger partial charge is 0.308 e. The number of esters is 1. The third-order valence-electron chi connectivity index (χ3n) is 3.80. The summed E-state index contributed by atoms with van der Waals surface area (Å²) in [5.74, 6) is 1.00. The summed E-state index contributed by atoms with van der Waals surface area (Å²) in [6, 6.07) is 7.72. The van der Waals surface area contributed by atoms with Gasteiger partial charge in [-0.1, -0.05) is 41.5 Å². The highest BCUT2D eigenvalue weighted by Crippen LogP contribution is 2.42. The van der Waals surface area contributed by atoms with Crippen LogP contribution < -0.4 is 10.1 Å². The normalized spacial score (nSPS) is 12.0. The fourth-order valence-electron chi connectivity index (χ4n) is 2.58. The predicted octanol–water partition coefficient (Wildman–Crippen LogP) is 4.74. The van der Waals surface area contributed by atoms with E-state index in [1.165, 1.54) is 6.92 Å². The van der Waals surface area contributed by atoms with E-state index in [0.717, 1.165) is 16.8 Å².